The first-order valence-electron chi connectivity index (χ1n) is 8.60. The largest absolute Gasteiger partial charge is 0.352 e. The molecule has 0 aliphatic heterocycles. The molecule has 0 fully saturated rings. The SMILES string of the molecule is CC(C)NC(=O)c1ccc(Cl)cc1NC(=O)CCNC(=O)c1ccccc1. The van der Waals surface area contributed by atoms with Crippen molar-refractivity contribution in [1.29, 1.82) is 0 Å². The third-order valence-electron chi connectivity index (χ3n) is 3.59. The second-order valence-electron chi connectivity index (χ2n) is 6.24. The molecule has 0 saturated carbocycles. The Balaban J connectivity index is 1.94. The van der Waals surface area contributed by atoms with E-state index in [0.717, 1.165) is 0 Å². The van der Waals surface area contributed by atoms with E-state index in [9.17, 15) is 14.4 Å². The van der Waals surface area contributed by atoms with Gasteiger partial charge in [-0.1, -0.05) is 29.8 Å². The zero-order valence-corrected chi connectivity index (χ0v) is 16.0. The fourth-order valence-corrected chi connectivity index (χ4v) is 2.52. The van der Waals surface area contributed by atoms with Gasteiger partial charge in [-0.25, -0.2) is 0 Å². The van der Waals surface area contributed by atoms with E-state index in [1.165, 1.54) is 6.07 Å². The van der Waals surface area contributed by atoms with Crippen molar-refractivity contribution in [1.82, 2.24) is 10.6 Å². The van der Waals surface area contributed by atoms with Crippen LogP contribution in [0.25, 0.3) is 0 Å². The molecule has 0 saturated heterocycles. The Labute approximate surface area is 163 Å². The molecule has 6 nitrogen and oxygen atoms in total. The number of carbonyl (C=O) groups excluding carboxylic acids is 3. The summed E-state index contributed by atoms with van der Waals surface area (Å²) >= 11 is 5.98. The van der Waals surface area contributed by atoms with Gasteiger partial charge in [-0.05, 0) is 44.2 Å². The van der Waals surface area contributed by atoms with Gasteiger partial charge >= 0.3 is 0 Å². The second-order valence-corrected chi connectivity index (χ2v) is 6.67. The summed E-state index contributed by atoms with van der Waals surface area (Å²) in [6.07, 6.45) is 0.0658. The van der Waals surface area contributed by atoms with Gasteiger partial charge in [0.1, 0.15) is 0 Å². The number of rotatable bonds is 7. The lowest BCUT2D eigenvalue weighted by molar-refractivity contribution is -0.116. The van der Waals surface area contributed by atoms with E-state index >= 15 is 0 Å². The standard InChI is InChI=1S/C20H22ClN3O3/c1-13(2)23-20(27)16-9-8-15(21)12-17(16)24-18(25)10-11-22-19(26)14-6-4-3-5-7-14/h3-9,12-13H,10-11H2,1-2H3,(H,22,26)(H,23,27)(H,24,25). The maximum absolute atomic E-state index is 12.3. The van der Waals surface area contributed by atoms with Crippen molar-refractivity contribution in [2.24, 2.45) is 0 Å². The summed E-state index contributed by atoms with van der Waals surface area (Å²) in [5.41, 5.74) is 1.19. The Kier molecular flexibility index (Phi) is 7.37. The predicted octanol–water partition coefficient (Wildman–Crippen LogP) is 3.24. The van der Waals surface area contributed by atoms with Gasteiger partial charge in [-0.3, -0.25) is 14.4 Å². The minimum absolute atomic E-state index is 0.0371. The zero-order chi connectivity index (χ0) is 19.8. The first-order chi connectivity index (χ1) is 12.9. The molecular formula is C20H22ClN3O3. The smallest absolute Gasteiger partial charge is 0.253 e. The summed E-state index contributed by atoms with van der Waals surface area (Å²) in [7, 11) is 0. The maximum atomic E-state index is 12.3. The van der Waals surface area contributed by atoms with Crippen molar-refractivity contribution in [3.63, 3.8) is 0 Å². The second kappa shape index (κ2) is 9.73. The topological polar surface area (TPSA) is 87.3 Å². The van der Waals surface area contributed by atoms with Crippen LogP contribution in [0, 0.1) is 0 Å². The minimum atomic E-state index is -0.329. The van der Waals surface area contributed by atoms with Crippen LogP contribution < -0.4 is 16.0 Å². The average Bonchev–Trinajstić information content (AvgIpc) is 2.61. The van der Waals surface area contributed by atoms with E-state index in [2.05, 4.69) is 16.0 Å². The fraction of sp³-hybridized carbons (Fsp3) is 0.250. The Morgan fingerprint density at radius 2 is 1.70 bits per heavy atom. The lowest BCUT2D eigenvalue weighted by Crippen LogP contribution is -2.31. The molecule has 7 heteroatoms. The summed E-state index contributed by atoms with van der Waals surface area (Å²) in [5.74, 6) is -0.873. The van der Waals surface area contributed by atoms with Crippen LogP contribution in [-0.4, -0.2) is 30.3 Å². The molecule has 0 spiro atoms. The lowest BCUT2D eigenvalue weighted by Gasteiger charge is -2.14. The molecule has 2 aromatic carbocycles. The quantitative estimate of drug-likeness (QED) is 0.681. The molecular weight excluding hydrogens is 366 g/mol. The molecule has 27 heavy (non-hydrogen) atoms. The highest BCUT2D eigenvalue weighted by Crippen LogP contribution is 2.21. The number of anilines is 1. The highest BCUT2D eigenvalue weighted by atomic mass is 35.5. The Hall–Kier alpha value is -2.86. The normalized spacial score (nSPS) is 10.4. The average molecular weight is 388 g/mol. The molecule has 3 N–H and O–H groups in total. The molecule has 0 aliphatic carbocycles. The van der Waals surface area contributed by atoms with E-state index in [4.69, 9.17) is 11.6 Å². The van der Waals surface area contributed by atoms with Crippen LogP contribution >= 0.6 is 11.6 Å². The van der Waals surface area contributed by atoms with Gasteiger partial charge in [0, 0.05) is 29.6 Å². The number of nitrogens with one attached hydrogen (secondary N) is 3. The van der Waals surface area contributed by atoms with Crippen LogP contribution in [0.1, 0.15) is 41.0 Å². The van der Waals surface area contributed by atoms with Gasteiger partial charge < -0.3 is 16.0 Å². The van der Waals surface area contributed by atoms with E-state index in [0.29, 0.717) is 21.8 Å². The number of hydrogen-bond acceptors (Lipinski definition) is 3. The summed E-state index contributed by atoms with van der Waals surface area (Å²) < 4.78 is 0. The Bertz CT molecular complexity index is 822. The van der Waals surface area contributed by atoms with E-state index in [1.54, 1.807) is 36.4 Å². The van der Waals surface area contributed by atoms with Gasteiger partial charge in [0.05, 0.1) is 11.3 Å². The van der Waals surface area contributed by atoms with E-state index < -0.39 is 0 Å². The first kappa shape index (κ1) is 20.5. The summed E-state index contributed by atoms with van der Waals surface area (Å²) in [5, 5.41) is 8.55. The van der Waals surface area contributed by atoms with Crippen LogP contribution in [0.15, 0.2) is 48.5 Å². The summed E-state index contributed by atoms with van der Waals surface area (Å²) in [6, 6.07) is 13.4. The first-order valence-corrected chi connectivity index (χ1v) is 8.98. The lowest BCUT2D eigenvalue weighted by atomic mass is 10.1. The number of halogens is 1. The Morgan fingerprint density at radius 1 is 1.00 bits per heavy atom. The molecule has 0 aliphatic rings. The van der Waals surface area contributed by atoms with Crippen molar-refractivity contribution in [3.05, 3.63) is 64.7 Å². The van der Waals surface area contributed by atoms with Crippen LogP contribution in [0.5, 0.6) is 0 Å². The van der Waals surface area contributed by atoms with Crippen LogP contribution in [0.4, 0.5) is 5.69 Å². The molecule has 0 heterocycles. The summed E-state index contributed by atoms with van der Waals surface area (Å²) in [4.78, 5) is 36.4. The van der Waals surface area contributed by atoms with Crippen molar-refractivity contribution >= 4 is 35.0 Å². The zero-order valence-electron chi connectivity index (χ0n) is 15.2. The summed E-state index contributed by atoms with van der Waals surface area (Å²) in [6.45, 7) is 3.87. The van der Waals surface area contributed by atoms with Gasteiger partial charge in [0.15, 0.2) is 0 Å². The third kappa shape index (κ3) is 6.42. The van der Waals surface area contributed by atoms with Crippen LogP contribution in [0.3, 0.4) is 0 Å². The van der Waals surface area contributed by atoms with Gasteiger partial charge in [0.2, 0.25) is 5.91 Å². The predicted molar refractivity (Wildman–Crippen MR) is 106 cm³/mol. The van der Waals surface area contributed by atoms with Crippen LogP contribution in [0.2, 0.25) is 5.02 Å². The molecule has 0 aromatic heterocycles. The van der Waals surface area contributed by atoms with Crippen molar-refractivity contribution < 1.29 is 14.4 Å². The van der Waals surface area contributed by atoms with Gasteiger partial charge in [-0.15, -0.1) is 0 Å². The van der Waals surface area contributed by atoms with Crippen molar-refractivity contribution in [2.75, 3.05) is 11.9 Å². The van der Waals surface area contributed by atoms with Gasteiger partial charge in [-0.2, -0.15) is 0 Å². The molecule has 0 atom stereocenters. The van der Waals surface area contributed by atoms with Gasteiger partial charge in [0.25, 0.3) is 11.8 Å². The molecule has 0 radical (unpaired) electrons. The Morgan fingerprint density at radius 3 is 2.37 bits per heavy atom. The highest BCUT2D eigenvalue weighted by molar-refractivity contribution is 6.31. The number of benzene rings is 2. The van der Waals surface area contributed by atoms with E-state index in [-0.39, 0.29) is 36.7 Å². The highest BCUT2D eigenvalue weighted by Gasteiger charge is 2.15. The monoisotopic (exact) mass is 387 g/mol. The fourth-order valence-electron chi connectivity index (χ4n) is 2.35. The molecule has 3 amide bonds. The number of hydrogen-bond donors (Lipinski definition) is 3. The molecule has 142 valence electrons. The maximum Gasteiger partial charge on any atom is 0.253 e. The molecule has 2 rings (SSSR count). The van der Waals surface area contributed by atoms with Crippen molar-refractivity contribution in [2.45, 2.75) is 26.3 Å². The van der Waals surface area contributed by atoms with Crippen LogP contribution in [-0.2, 0) is 4.79 Å². The van der Waals surface area contributed by atoms with Crippen molar-refractivity contribution in [3.8, 4) is 0 Å². The molecule has 0 unspecified atom stereocenters. The number of amides is 3. The molecule has 2 aromatic rings. The minimum Gasteiger partial charge on any atom is -0.352 e. The number of carbonyl (C=O) groups is 3. The third-order valence-corrected chi connectivity index (χ3v) is 3.83. The molecule has 0 bridgehead atoms. The van der Waals surface area contributed by atoms with E-state index in [1.807, 2.05) is 19.9 Å².